The fourth-order valence-electron chi connectivity index (χ4n) is 3.55. The fraction of sp³-hybridized carbons (Fsp3) is 1.00. The van der Waals surface area contributed by atoms with Gasteiger partial charge >= 0.3 is 0 Å². The first kappa shape index (κ1) is 10.1. The summed E-state index contributed by atoms with van der Waals surface area (Å²) in [5.74, 6) is 0.128. The van der Waals surface area contributed by atoms with Crippen LogP contribution >= 0.6 is 0 Å². The molecule has 0 aromatic heterocycles. The predicted octanol–water partition coefficient (Wildman–Crippen LogP) is 2.10. The van der Waals surface area contributed by atoms with Crippen LogP contribution in [0.15, 0.2) is 0 Å². The summed E-state index contributed by atoms with van der Waals surface area (Å²) < 4.78 is 18.0. The van der Waals surface area contributed by atoms with Crippen molar-refractivity contribution in [3.8, 4) is 0 Å². The molecular formula is C12H20O3. The second-order valence-electron chi connectivity index (χ2n) is 5.83. The molecule has 3 heterocycles. The molecular weight excluding hydrogens is 192 g/mol. The fourth-order valence-corrected chi connectivity index (χ4v) is 3.55. The zero-order valence-electron chi connectivity index (χ0n) is 9.84. The van der Waals surface area contributed by atoms with Gasteiger partial charge in [0.1, 0.15) is 5.60 Å². The van der Waals surface area contributed by atoms with Crippen molar-refractivity contribution in [2.75, 3.05) is 13.2 Å². The predicted molar refractivity (Wildman–Crippen MR) is 55.5 cm³/mol. The molecule has 3 nitrogen and oxygen atoms in total. The van der Waals surface area contributed by atoms with E-state index >= 15 is 0 Å². The van der Waals surface area contributed by atoms with Gasteiger partial charge in [-0.15, -0.1) is 0 Å². The quantitative estimate of drug-likeness (QED) is 0.615. The summed E-state index contributed by atoms with van der Waals surface area (Å²) in [6.45, 7) is 7.96. The molecule has 3 aliphatic heterocycles. The molecule has 2 unspecified atom stereocenters. The number of rotatable bonds is 0. The van der Waals surface area contributed by atoms with Gasteiger partial charge in [-0.3, -0.25) is 0 Å². The number of hydrogen-bond acceptors (Lipinski definition) is 3. The summed E-state index contributed by atoms with van der Waals surface area (Å²) in [6, 6.07) is 0. The summed E-state index contributed by atoms with van der Waals surface area (Å²) in [7, 11) is 0. The van der Waals surface area contributed by atoms with Crippen LogP contribution in [0.4, 0.5) is 0 Å². The molecule has 1 saturated carbocycles. The third-order valence-corrected chi connectivity index (χ3v) is 4.52. The van der Waals surface area contributed by atoms with E-state index in [1.807, 2.05) is 0 Å². The van der Waals surface area contributed by atoms with E-state index in [4.69, 9.17) is 14.2 Å². The van der Waals surface area contributed by atoms with Gasteiger partial charge in [0, 0.05) is 6.42 Å². The summed E-state index contributed by atoms with van der Waals surface area (Å²) in [6.07, 6.45) is 3.29. The van der Waals surface area contributed by atoms with Gasteiger partial charge in [-0.25, -0.2) is 0 Å². The van der Waals surface area contributed by atoms with E-state index in [0.29, 0.717) is 19.1 Å². The third-order valence-electron chi connectivity index (χ3n) is 4.52. The van der Waals surface area contributed by atoms with Crippen molar-refractivity contribution in [1.29, 1.82) is 0 Å². The molecule has 3 heteroatoms. The zero-order chi connectivity index (χ0) is 10.7. The van der Waals surface area contributed by atoms with Crippen molar-refractivity contribution in [1.82, 2.24) is 0 Å². The minimum absolute atomic E-state index is 0.0203. The molecule has 1 aliphatic carbocycles. The standard InChI is InChI=1S/C12H20O3/c1-10(2)9-4-5-11(3,15-10)12(8-9)13-6-7-14-12/h9H,4-8H2,1-3H3. The third kappa shape index (κ3) is 1.17. The Kier molecular flexibility index (Phi) is 1.85. The highest BCUT2D eigenvalue weighted by atomic mass is 16.8. The maximum atomic E-state index is 6.25. The molecule has 4 fully saturated rings. The highest BCUT2D eigenvalue weighted by molar-refractivity contribution is 5.09. The van der Waals surface area contributed by atoms with Crippen LogP contribution in [0.2, 0.25) is 0 Å². The Hall–Kier alpha value is -0.120. The van der Waals surface area contributed by atoms with Crippen molar-refractivity contribution in [2.45, 2.75) is 57.0 Å². The zero-order valence-corrected chi connectivity index (χ0v) is 9.84. The second-order valence-corrected chi connectivity index (χ2v) is 5.83. The molecule has 0 aromatic carbocycles. The number of fused-ring (bicyclic) bond motifs is 2. The van der Waals surface area contributed by atoms with Crippen LogP contribution < -0.4 is 0 Å². The second kappa shape index (κ2) is 2.76. The van der Waals surface area contributed by atoms with E-state index in [1.165, 1.54) is 6.42 Å². The molecule has 15 heavy (non-hydrogen) atoms. The van der Waals surface area contributed by atoms with Crippen LogP contribution in [0.5, 0.6) is 0 Å². The van der Waals surface area contributed by atoms with E-state index in [-0.39, 0.29) is 11.2 Å². The number of hydrogen-bond donors (Lipinski definition) is 0. The van der Waals surface area contributed by atoms with Crippen LogP contribution in [-0.2, 0) is 14.2 Å². The van der Waals surface area contributed by atoms with Gasteiger partial charge in [-0.05, 0) is 39.5 Å². The van der Waals surface area contributed by atoms with E-state index in [1.54, 1.807) is 0 Å². The maximum Gasteiger partial charge on any atom is 0.197 e. The summed E-state index contributed by atoms with van der Waals surface area (Å²) in [5.41, 5.74) is -0.269. The Morgan fingerprint density at radius 2 is 1.73 bits per heavy atom. The van der Waals surface area contributed by atoms with Crippen molar-refractivity contribution in [3.63, 3.8) is 0 Å². The Morgan fingerprint density at radius 3 is 2.27 bits per heavy atom. The molecule has 3 saturated heterocycles. The van der Waals surface area contributed by atoms with Gasteiger partial charge in [0.2, 0.25) is 0 Å². The molecule has 0 N–H and O–H groups in total. The monoisotopic (exact) mass is 212 g/mol. The van der Waals surface area contributed by atoms with Gasteiger partial charge in [0.15, 0.2) is 5.79 Å². The first-order valence-electron chi connectivity index (χ1n) is 5.96. The first-order chi connectivity index (χ1) is 6.98. The average molecular weight is 212 g/mol. The van der Waals surface area contributed by atoms with Crippen LogP contribution in [-0.4, -0.2) is 30.2 Å². The molecule has 2 atom stereocenters. The average Bonchev–Trinajstić information content (AvgIpc) is 2.57. The van der Waals surface area contributed by atoms with Gasteiger partial charge in [-0.2, -0.15) is 0 Å². The lowest BCUT2D eigenvalue weighted by atomic mass is 9.65. The highest BCUT2D eigenvalue weighted by Gasteiger charge is 2.65. The topological polar surface area (TPSA) is 27.7 Å². The van der Waals surface area contributed by atoms with Gasteiger partial charge in [0.05, 0.1) is 18.8 Å². The molecule has 0 amide bonds. The summed E-state index contributed by atoms with van der Waals surface area (Å²) in [5, 5.41) is 0. The highest BCUT2D eigenvalue weighted by Crippen LogP contribution is 2.57. The lowest BCUT2D eigenvalue weighted by molar-refractivity contribution is -0.375. The van der Waals surface area contributed by atoms with E-state index in [0.717, 1.165) is 12.8 Å². The smallest absolute Gasteiger partial charge is 0.197 e. The van der Waals surface area contributed by atoms with E-state index < -0.39 is 5.79 Å². The van der Waals surface area contributed by atoms with Gasteiger partial charge in [-0.1, -0.05) is 0 Å². The van der Waals surface area contributed by atoms with E-state index in [9.17, 15) is 0 Å². The van der Waals surface area contributed by atoms with Crippen LogP contribution in [0.1, 0.15) is 40.0 Å². The van der Waals surface area contributed by atoms with Crippen LogP contribution in [0, 0.1) is 5.92 Å². The number of ether oxygens (including phenoxy) is 3. The van der Waals surface area contributed by atoms with E-state index in [2.05, 4.69) is 20.8 Å². The van der Waals surface area contributed by atoms with Crippen molar-refractivity contribution >= 4 is 0 Å². The molecule has 0 aromatic rings. The van der Waals surface area contributed by atoms with Crippen LogP contribution in [0.3, 0.4) is 0 Å². The van der Waals surface area contributed by atoms with Crippen LogP contribution in [0.25, 0.3) is 0 Å². The Balaban J connectivity index is 1.97. The Morgan fingerprint density at radius 1 is 1.07 bits per heavy atom. The molecule has 4 rings (SSSR count). The lowest BCUT2D eigenvalue weighted by Crippen LogP contribution is -2.68. The molecule has 2 bridgehead atoms. The van der Waals surface area contributed by atoms with Gasteiger partial charge < -0.3 is 14.2 Å². The maximum absolute atomic E-state index is 6.25. The minimum Gasteiger partial charge on any atom is -0.364 e. The molecule has 86 valence electrons. The minimum atomic E-state index is -0.439. The molecule has 0 radical (unpaired) electrons. The first-order valence-corrected chi connectivity index (χ1v) is 5.96. The largest absolute Gasteiger partial charge is 0.364 e. The van der Waals surface area contributed by atoms with Crippen molar-refractivity contribution < 1.29 is 14.2 Å². The lowest BCUT2D eigenvalue weighted by Gasteiger charge is -2.60. The summed E-state index contributed by atoms with van der Waals surface area (Å²) in [4.78, 5) is 0. The molecule has 1 spiro atoms. The summed E-state index contributed by atoms with van der Waals surface area (Å²) >= 11 is 0. The Labute approximate surface area is 91.1 Å². The van der Waals surface area contributed by atoms with Crippen molar-refractivity contribution in [3.05, 3.63) is 0 Å². The Bertz CT molecular complexity index is 281. The van der Waals surface area contributed by atoms with Crippen molar-refractivity contribution in [2.24, 2.45) is 5.92 Å². The SMILES string of the molecule is CC1(C)OC2(C)CCC1CC21OCCO1. The molecule has 4 aliphatic rings. The normalized spacial score (nSPS) is 46.2. The van der Waals surface area contributed by atoms with Gasteiger partial charge in [0.25, 0.3) is 0 Å².